The van der Waals surface area contributed by atoms with Crippen molar-refractivity contribution in [1.29, 1.82) is 0 Å². The summed E-state index contributed by atoms with van der Waals surface area (Å²) in [6.07, 6.45) is 5.41. The van der Waals surface area contributed by atoms with E-state index in [9.17, 15) is 5.11 Å². The quantitative estimate of drug-likeness (QED) is 0.637. The minimum Gasteiger partial charge on any atom is -0.493 e. The summed E-state index contributed by atoms with van der Waals surface area (Å²) in [6.45, 7) is 2.04. The minimum absolute atomic E-state index is 0.194. The Hall–Kier alpha value is -1.52. The molecule has 118 valence electrons. The van der Waals surface area contributed by atoms with Crippen molar-refractivity contribution in [2.24, 2.45) is 0 Å². The van der Waals surface area contributed by atoms with E-state index in [1.54, 1.807) is 7.11 Å². The third-order valence-electron chi connectivity index (χ3n) is 5.52. The standard InChI is InChI=1S/C18H24NO3/c1-19(2)10-9-18-8-4-5-13(20)17(18)22-16-14(21-3)7-6-12(11-19)15(16)18/h4,6-8,13,17,20H,5,9-11H2,1-3H3/q+1/t13-,17-,18-/m0/s1. The molecule has 0 amide bonds. The number of nitrogens with zero attached hydrogens (tertiary/aromatic N) is 1. The Kier molecular flexibility index (Phi) is 2.88. The molecular formula is C18H24NO3+. The molecule has 4 heteroatoms. The lowest BCUT2D eigenvalue weighted by atomic mass is 9.68. The molecule has 22 heavy (non-hydrogen) atoms. The Morgan fingerprint density at radius 2 is 2.18 bits per heavy atom. The van der Waals surface area contributed by atoms with Crippen molar-refractivity contribution in [1.82, 2.24) is 0 Å². The molecule has 1 spiro atoms. The molecule has 0 saturated heterocycles. The first-order valence-corrected chi connectivity index (χ1v) is 8.02. The average Bonchev–Trinajstić information content (AvgIpc) is 2.78. The summed E-state index contributed by atoms with van der Waals surface area (Å²) in [6, 6.07) is 4.17. The molecule has 0 aromatic heterocycles. The zero-order chi connectivity index (χ0) is 15.5. The van der Waals surface area contributed by atoms with Gasteiger partial charge < -0.3 is 19.1 Å². The van der Waals surface area contributed by atoms with Gasteiger partial charge in [0.1, 0.15) is 12.6 Å². The smallest absolute Gasteiger partial charge is 0.166 e. The van der Waals surface area contributed by atoms with Crippen molar-refractivity contribution in [3.63, 3.8) is 0 Å². The fraction of sp³-hybridized carbons (Fsp3) is 0.556. The molecule has 4 nitrogen and oxygen atoms in total. The van der Waals surface area contributed by atoms with Gasteiger partial charge in [0.2, 0.25) is 0 Å². The van der Waals surface area contributed by atoms with E-state index in [4.69, 9.17) is 9.47 Å². The van der Waals surface area contributed by atoms with Gasteiger partial charge in [-0.3, -0.25) is 0 Å². The van der Waals surface area contributed by atoms with Crippen LogP contribution in [0.5, 0.6) is 11.5 Å². The minimum atomic E-state index is -0.455. The van der Waals surface area contributed by atoms with Crippen molar-refractivity contribution in [3.05, 3.63) is 35.4 Å². The highest BCUT2D eigenvalue weighted by atomic mass is 16.5. The monoisotopic (exact) mass is 302 g/mol. The maximum atomic E-state index is 10.5. The topological polar surface area (TPSA) is 38.7 Å². The van der Waals surface area contributed by atoms with Gasteiger partial charge in [0, 0.05) is 17.5 Å². The summed E-state index contributed by atoms with van der Waals surface area (Å²) >= 11 is 0. The zero-order valence-corrected chi connectivity index (χ0v) is 13.5. The molecule has 3 atom stereocenters. The molecule has 0 bridgehead atoms. The van der Waals surface area contributed by atoms with Crippen molar-refractivity contribution in [3.8, 4) is 11.5 Å². The number of hydrogen-bond acceptors (Lipinski definition) is 3. The zero-order valence-electron chi connectivity index (χ0n) is 13.5. The number of ether oxygens (including phenoxy) is 2. The second kappa shape index (κ2) is 4.49. The number of hydrogen-bond donors (Lipinski definition) is 1. The van der Waals surface area contributed by atoms with E-state index < -0.39 is 6.10 Å². The maximum absolute atomic E-state index is 10.5. The van der Waals surface area contributed by atoms with Gasteiger partial charge in [0.25, 0.3) is 0 Å². The molecule has 0 fully saturated rings. The summed E-state index contributed by atoms with van der Waals surface area (Å²) in [5, 5.41) is 10.5. The lowest BCUT2D eigenvalue weighted by Crippen LogP contribution is -2.48. The van der Waals surface area contributed by atoms with Crippen LogP contribution >= 0.6 is 0 Å². The molecule has 0 unspecified atom stereocenters. The highest BCUT2D eigenvalue weighted by Crippen LogP contribution is 2.56. The predicted molar refractivity (Wildman–Crippen MR) is 84.1 cm³/mol. The predicted octanol–water partition coefficient (Wildman–Crippen LogP) is 1.99. The van der Waals surface area contributed by atoms with Crippen LogP contribution in [0.1, 0.15) is 24.0 Å². The van der Waals surface area contributed by atoms with E-state index in [-0.39, 0.29) is 11.5 Å². The third-order valence-corrected chi connectivity index (χ3v) is 5.52. The Morgan fingerprint density at radius 1 is 1.36 bits per heavy atom. The fourth-order valence-corrected chi connectivity index (χ4v) is 4.42. The molecule has 1 aromatic carbocycles. The molecular weight excluding hydrogens is 278 g/mol. The van der Waals surface area contributed by atoms with Crippen molar-refractivity contribution in [2.45, 2.75) is 37.0 Å². The van der Waals surface area contributed by atoms with Crippen LogP contribution in [0.2, 0.25) is 0 Å². The van der Waals surface area contributed by atoms with Gasteiger partial charge in [-0.25, -0.2) is 0 Å². The van der Waals surface area contributed by atoms with Gasteiger partial charge in [0.15, 0.2) is 11.5 Å². The van der Waals surface area contributed by atoms with Gasteiger partial charge >= 0.3 is 0 Å². The number of aliphatic hydroxyl groups is 1. The highest BCUT2D eigenvalue weighted by molar-refractivity contribution is 5.60. The SMILES string of the molecule is COc1ccc2c3c1O[C@H]1[C@@H](O)CC=C[C@]31CC[N+](C)(C)C2. The van der Waals surface area contributed by atoms with Crippen LogP contribution in [0.15, 0.2) is 24.3 Å². The maximum Gasteiger partial charge on any atom is 0.166 e. The van der Waals surface area contributed by atoms with Gasteiger partial charge in [-0.1, -0.05) is 12.2 Å². The van der Waals surface area contributed by atoms with Crippen molar-refractivity contribution >= 4 is 0 Å². The molecule has 3 aliphatic rings. The Labute approximate surface area is 131 Å². The molecule has 2 heterocycles. The van der Waals surface area contributed by atoms with Crippen LogP contribution in [0.3, 0.4) is 0 Å². The van der Waals surface area contributed by atoms with E-state index in [1.165, 1.54) is 11.1 Å². The summed E-state index contributed by atoms with van der Waals surface area (Å²) < 4.78 is 12.7. The van der Waals surface area contributed by atoms with Crippen LogP contribution in [-0.2, 0) is 12.0 Å². The van der Waals surface area contributed by atoms with Crippen LogP contribution in [0.4, 0.5) is 0 Å². The third kappa shape index (κ3) is 1.77. The Morgan fingerprint density at radius 3 is 2.95 bits per heavy atom. The van der Waals surface area contributed by atoms with Crippen molar-refractivity contribution < 1.29 is 19.1 Å². The largest absolute Gasteiger partial charge is 0.493 e. The number of methoxy groups -OCH3 is 1. The van der Waals surface area contributed by atoms with E-state index in [0.717, 1.165) is 35.5 Å². The first-order chi connectivity index (χ1) is 10.5. The molecule has 0 saturated carbocycles. The lowest BCUT2D eigenvalue weighted by molar-refractivity contribution is -0.903. The van der Waals surface area contributed by atoms with Crippen LogP contribution in [0, 0.1) is 0 Å². The summed E-state index contributed by atoms with van der Waals surface area (Å²) in [5.41, 5.74) is 2.36. The Bertz CT molecular complexity index is 652. The Balaban J connectivity index is 1.98. The van der Waals surface area contributed by atoms with Crippen molar-refractivity contribution in [2.75, 3.05) is 27.7 Å². The molecule has 1 aromatic rings. The number of rotatable bonds is 1. The number of quaternary nitrogens is 1. The summed E-state index contributed by atoms with van der Waals surface area (Å²) in [4.78, 5) is 0. The molecule has 0 radical (unpaired) electrons. The van der Waals surface area contributed by atoms with Gasteiger partial charge in [-0.15, -0.1) is 0 Å². The first-order valence-electron chi connectivity index (χ1n) is 8.02. The molecule has 1 N–H and O–H groups in total. The van der Waals surface area contributed by atoms with E-state index in [1.807, 2.05) is 6.07 Å². The van der Waals surface area contributed by atoms with Gasteiger partial charge in [-0.05, 0) is 18.6 Å². The lowest BCUT2D eigenvalue weighted by Gasteiger charge is -2.37. The number of aliphatic hydroxyl groups excluding tert-OH is 1. The van der Waals surface area contributed by atoms with Crippen LogP contribution in [-0.4, -0.2) is 49.5 Å². The summed E-state index contributed by atoms with van der Waals surface area (Å²) in [7, 11) is 6.22. The van der Waals surface area contributed by atoms with Gasteiger partial charge in [0.05, 0.1) is 39.3 Å². The second-order valence-corrected chi connectivity index (χ2v) is 7.48. The number of benzene rings is 1. The molecule has 1 aliphatic carbocycles. The normalized spacial score (nSPS) is 34.4. The van der Waals surface area contributed by atoms with E-state index >= 15 is 0 Å². The van der Waals surface area contributed by atoms with E-state index in [2.05, 4.69) is 32.3 Å². The fourth-order valence-electron chi connectivity index (χ4n) is 4.42. The van der Waals surface area contributed by atoms with Crippen LogP contribution < -0.4 is 9.47 Å². The highest BCUT2D eigenvalue weighted by Gasteiger charge is 2.56. The summed E-state index contributed by atoms with van der Waals surface area (Å²) in [5.74, 6) is 1.62. The molecule has 2 aliphatic heterocycles. The van der Waals surface area contributed by atoms with Gasteiger partial charge in [-0.2, -0.15) is 0 Å². The first kappa shape index (κ1) is 14.1. The van der Waals surface area contributed by atoms with E-state index in [0.29, 0.717) is 6.42 Å². The second-order valence-electron chi connectivity index (χ2n) is 7.48. The average molecular weight is 302 g/mol. The van der Waals surface area contributed by atoms with Crippen LogP contribution in [0.25, 0.3) is 0 Å². The molecule has 4 rings (SSSR count).